The highest BCUT2D eigenvalue weighted by atomic mass is 35.5. The molecule has 26 heavy (non-hydrogen) atoms. The van der Waals surface area contributed by atoms with Crippen LogP contribution < -0.4 is 15.5 Å². The smallest absolute Gasteiger partial charge is 0.321 e. The van der Waals surface area contributed by atoms with Crippen LogP contribution in [-0.2, 0) is 4.79 Å². The van der Waals surface area contributed by atoms with Gasteiger partial charge < -0.3 is 20.4 Å². The summed E-state index contributed by atoms with van der Waals surface area (Å²) in [6, 6.07) is 14.7. The molecule has 0 aliphatic carbocycles. The fourth-order valence-corrected chi connectivity index (χ4v) is 3.16. The Morgan fingerprint density at radius 2 is 1.46 bits per heavy atom. The zero-order valence-electron chi connectivity index (χ0n) is 14.5. The highest BCUT2D eigenvalue weighted by Crippen LogP contribution is 2.26. The number of hydrogen-bond donors (Lipinski definition) is 2. The van der Waals surface area contributed by atoms with Gasteiger partial charge in [-0.2, -0.15) is 0 Å². The lowest BCUT2D eigenvalue weighted by atomic mass is 10.2. The van der Waals surface area contributed by atoms with Crippen LogP contribution in [0.2, 0.25) is 5.02 Å². The Labute approximate surface area is 157 Å². The first-order valence-corrected chi connectivity index (χ1v) is 8.84. The van der Waals surface area contributed by atoms with E-state index in [1.54, 1.807) is 29.2 Å². The number of nitrogens with zero attached hydrogens (tertiary/aromatic N) is 2. The highest BCUT2D eigenvalue weighted by Gasteiger charge is 2.22. The minimum Gasteiger partial charge on any atom is -0.367 e. The Hall–Kier alpha value is -2.73. The molecular formula is C19H21ClN4O2. The molecule has 1 heterocycles. The van der Waals surface area contributed by atoms with Gasteiger partial charge in [-0.25, -0.2) is 4.79 Å². The predicted octanol–water partition coefficient (Wildman–Crippen LogP) is 3.65. The van der Waals surface area contributed by atoms with Gasteiger partial charge in [-0.05, 0) is 36.4 Å². The van der Waals surface area contributed by atoms with Crippen molar-refractivity contribution in [2.24, 2.45) is 0 Å². The number of benzene rings is 2. The summed E-state index contributed by atoms with van der Waals surface area (Å²) in [5.41, 5.74) is 2.39. The third-order valence-electron chi connectivity index (χ3n) is 4.22. The number of anilines is 3. The Morgan fingerprint density at radius 3 is 2.04 bits per heavy atom. The van der Waals surface area contributed by atoms with Crippen molar-refractivity contribution in [3.05, 3.63) is 53.6 Å². The summed E-state index contributed by atoms with van der Waals surface area (Å²) in [6.45, 7) is 4.18. The molecule has 0 bridgehead atoms. The standard InChI is InChI=1S/C19H21ClN4O2/c1-14(25)21-15-6-8-16(9-7-15)22-19(26)24-12-10-23(11-13-24)18-5-3-2-4-17(18)20/h2-9H,10-13H2,1H3,(H,21,25)(H,22,26). The van der Waals surface area contributed by atoms with Crippen LogP contribution in [0.3, 0.4) is 0 Å². The number of amides is 3. The van der Waals surface area contributed by atoms with Gasteiger partial charge in [-0.3, -0.25) is 4.79 Å². The fourth-order valence-electron chi connectivity index (χ4n) is 2.90. The number of nitrogens with one attached hydrogen (secondary N) is 2. The second-order valence-electron chi connectivity index (χ2n) is 6.11. The summed E-state index contributed by atoms with van der Waals surface area (Å²) in [4.78, 5) is 27.4. The average molecular weight is 373 g/mol. The van der Waals surface area contributed by atoms with Crippen molar-refractivity contribution in [1.82, 2.24) is 4.90 Å². The molecule has 6 nitrogen and oxygen atoms in total. The molecule has 1 aliphatic rings. The number of rotatable bonds is 3. The SMILES string of the molecule is CC(=O)Nc1ccc(NC(=O)N2CCN(c3ccccc3Cl)CC2)cc1. The summed E-state index contributed by atoms with van der Waals surface area (Å²) >= 11 is 6.25. The molecule has 0 atom stereocenters. The number of piperazine rings is 1. The minimum atomic E-state index is -0.129. The Bertz CT molecular complexity index is 786. The predicted molar refractivity (Wildman–Crippen MR) is 105 cm³/mol. The Morgan fingerprint density at radius 1 is 0.885 bits per heavy atom. The van der Waals surface area contributed by atoms with Crippen molar-refractivity contribution in [2.45, 2.75) is 6.92 Å². The van der Waals surface area contributed by atoms with E-state index in [-0.39, 0.29) is 11.9 Å². The molecule has 1 fully saturated rings. The third-order valence-corrected chi connectivity index (χ3v) is 4.54. The second-order valence-corrected chi connectivity index (χ2v) is 6.52. The van der Waals surface area contributed by atoms with Crippen LogP contribution in [0.15, 0.2) is 48.5 Å². The summed E-state index contributed by atoms with van der Waals surface area (Å²) < 4.78 is 0. The van der Waals surface area contributed by atoms with E-state index in [0.717, 1.165) is 23.8 Å². The van der Waals surface area contributed by atoms with E-state index in [9.17, 15) is 9.59 Å². The first-order chi connectivity index (χ1) is 12.5. The highest BCUT2D eigenvalue weighted by molar-refractivity contribution is 6.33. The zero-order chi connectivity index (χ0) is 18.5. The van der Waals surface area contributed by atoms with Gasteiger partial charge in [0.1, 0.15) is 0 Å². The molecule has 0 radical (unpaired) electrons. The summed E-state index contributed by atoms with van der Waals surface area (Å²) in [5, 5.41) is 6.31. The number of para-hydroxylation sites is 1. The molecular weight excluding hydrogens is 352 g/mol. The van der Waals surface area contributed by atoms with E-state index in [0.29, 0.717) is 24.5 Å². The van der Waals surface area contributed by atoms with Gasteiger partial charge in [0.25, 0.3) is 0 Å². The molecule has 7 heteroatoms. The van der Waals surface area contributed by atoms with Gasteiger partial charge in [0.05, 0.1) is 10.7 Å². The number of carbonyl (C=O) groups excluding carboxylic acids is 2. The van der Waals surface area contributed by atoms with Crippen molar-refractivity contribution in [3.8, 4) is 0 Å². The maximum absolute atomic E-state index is 12.4. The van der Waals surface area contributed by atoms with Crippen molar-refractivity contribution < 1.29 is 9.59 Å². The molecule has 3 amide bonds. The first-order valence-electron chi connectivity index (χ1n) is 8.46. The first kappa shape index (κ1) is 18.1. The van der Waals surface area contributed by atoms with Crippen LogP contribution in [0, 0.1) is 0 Å². The van der Waals surface area contributed by atoms with Crippen molar-refractivity contribution >= 4 is 40.6 Å². The molecule has 0 aromatic heterocycles. The van der Waals surface area contributed by atoms with Crippen molar-refractivity contribution in [1.29, 1.82) is 0 Å². The molecule has 1 saturated heterocycles. The number of urea groups is 1. The van der Waals surface area contributed by atoms with Crippen LogP contribution in [0.4, 0.5) is 21.9 Å². The fraction of sp³-hybridized carbons (Fsp3) is 0.263. The lowest BCUT2D eigenvalue weighted by Gasteiger charge is -2.36. The van der Waals surface area contributed by atoms with E-state index in [1.165, 1.54) is 6.92 Å². The Balaban J connectivity index is 1.54. The molecule has 2 N–H and O–H groups in total. The van der Waals surface area contributed by atoms with Crippen LogP contribution >= 0.6 is 11.6 Å². The molecule has 0 saturated carbocycles. The van der Waals surface area contributed by atoms with Gasteiger partial charge in [0.15, 0.2) is 0 Å². The number of carbonyl (C=O) groups is 2. The maximum atomic E-state index is 12.4. The van der Waals surface area contributed by atoms with Crippen molar-refractivity contribution in [2.75, 3.05) is 41.7 Å². The lowest BCUT2D eigenvalue weighted by molar-refractivity contribution is -0.114. The molecule has 136 valence electrons. The molecule has 1 aliphatic heterocycles. The summed E-state index contributed by atoms with van der Waals surface area (Å²) in [7, 11) is 0. The van der Waals surface area contributed by atoms with Crippen LogP contribution in [0.25, 0.3) is 0 Å². The zero-order valence-corrected chi connectivity index (χ0v) is 15.3. The van der Waals surface area contributed by atoms with Gasteiger partial charge in [-0.15, -0.1) is 0 Å². The summed E-state index contributed by atoms with van der Waals surface area (Å²) in [5.74, 6) is -0.127. The average Bonchev–Trinajstić information content (AvgIpc) is 2.63. The van der Waals surface area contributed by atoms with E-state index in [1.807, 2.05) is 24.3 Å². The normalized spacial score (nSPS) is 14.1. The van der Waals surface area contributed by atoms with Crippen molar-refractivity contribution in [3.63, 3.8) is 0 Å². The quantitative estimate of drug-likeness (QED) is 0.864. The Kier molecular flexibility index (Phi) is 5.63. The van der Waals surface area contributed by atoms with E-state index >= 15 is 0 Å². The van der Waals surface area contributed by atoms with Crippen LogP contribution in [0.5, 0.6) is 0 Å². The minimum absolute atomic E-state index is 0.127. The van der Waals surface area contributed by atoms with Crippen LogP contribution in [-0.4, -0.2) is 43.0 Å². The summed E-state index contributed by atoms with van der Waals surface area (Å²) in [6.07, 6.45) is 0. The molecule has 2 aromatic rings. The largest absolute Gasteiger partial charge is 0.367 e. The maximum Gasteiger partial charge on any atom is 0.321 e. The van der Waals surface area contributed by atoms with Crippen LogP contribution in [0.1, 0.15) is 6.92 Å². The monoisotopic (exact) mass is 372 g/mol. The lowest BCUT2D eigenvalue weighted by Crippen LogP contribution is -2.50. The van der Waals surface area contributed by atoms with Gasteiger partial charge in [0, 0.05) is 44.5 Å². The molecule has 0 spiro atoms. The van der Waals surface area contributed by atoms with Gasteiger partial charge >= 0.3 is 6.03 Å². The van der Waals surface area contributed by atoms with Gasteiger partial charge in [0.2, 0.25) is 5.91 Å². The molecule has 2 aromatic carbocycles. The molecule has 0 unspecified atom stereocenters. The van der Waals surface area contributed by atoms with Gasteiger partial charge in [-0.1, -0.05) is 23.7 Å². The molecule has 3 rings (SSSR count). The second kappa shape index (κ2) is 8.10. The van der Waals surface area contributed by atoms with E-state index in [2.05, 4.69) is 15.5 Å². The number of halogens is 1. The van der Waals surface area contributed by atoms with E-state index < -0.39 is 0 Å². The number of hydrogen-bond acceptors (Lipinski definition) is 3. The topological polar surface area (TPSA) is 64.7 Å². The third kappa shape index (κ3) is 4.46. The van der Waals surface area contributed by atoms with E-state index in [4.69, 9.17) is 11.6 Å².